The Morgan fingerprint density at radius 1 is 0.971 bits per heavy atom. The Hall–Kier alpha value is -3.22. The SMILES string of the molecule is Cc1nc2ccc(-c3ccnc(NCC45CCC(c6nc(C7CC7)no6)(CC4)CC5)c3)cc2o1. The predicted octanol–water partition coefficient (Wildman–Crippen LogP) is 6.16. The lowest BCUT2D eigenvalue weighted by molar-refractivity contribution is 0.0321. The van der Waals surface area contributed by atoms with Gasteiger partial charge in [0.15, 0.2) is 17.3 Å². The van der Waals surface area contributed by atoms with Gasteiger partial charge in [0.2, 0.25) is 5.89 Å². The summed E-state index contributed by atoms with van der Waals surface area (Å²) in [5.74, 6) is 4.01. The van der Waals surface area contributed by atoms with Gasteiger partial charge in [0, 0.05) is 31.0 Å². The first kappa shape index (κ1) is 20.2. The Morgan fingerprint density at radius 3 is 2.56 bits per heavy atom. The minimum atomic E-state index is 0.109. The van der Waals surface area contributed by atoms with Gasteiger partial charge in [-0.15, -0.1) is 0 Å². The Morgan fingerprint density at radius 2 is 1.76 bits per heavy atom. The van der Waals surface area contributed by atoms with Gasteiger partial charge in [0.25, 0.3) is 0 Å². The molecule has 4 aliphatic carbocycles. The van der Waals surface area contributed by atoms with E-state index < -0.39 is 0 Å². The molecule has 174 valence electrons. The minimum Gasteiger partial charge on any atom is -0.441 e. The van der Waals surface area contributed by atoms with E-state index in [9.17, 15) is 0 Å². The van der Waals surface area contributed by atoms with Crippen molar-refractivity contribution in [2.75, 3.05) is 11.9 Å². The number of nitrogens with one attached hydrogen (secondary N) is 1. The molecule has 1 aromatic carbocycles. The van der Waals surface area contributed by atoms with Crippen molar-refractivity contribution in [2.45, 2.75) is 69.6 Å². The highest BCUT2D eigenvalue weighted by molar-refractivity contribution is 5.80. The van der Waals surface area contributed by atoms with Crippen molar-refractivity contribution in [3.05, 3.63) is 54.1 Å². The van der Waals surface area contributed by atoms with Crippen molar-refractivity contribution in [2.24, 2.45) is 5.41 Å². The van der Waals surface area contributed by atoms with Crippen LogP contribution in [0.25, 0.3) is 22.2 Å². The van der Waals surface area contributed by atoms with Crippen LogP contribution in [0, 0.1) is 12.3 Å². The van der Waals surface area contributed by atoms with E-state index in [-0.39, 0.29) is 5.41 Å². The summed E-state index contributed by atoms with van der Waals surface area (Å²) in [5.41, 5.74) is 4.38. The molecule has 3 heterocycles. The lowest BCUT2D eigenvalue weighted by atomic mass is 9.53. The van der Waals surface area contributed by atoms with Gasteiger partial charge in [-0.3, -0.25) is 0 Å². The third-order valence-corrected chi connectivity index (χ3v) is 8.47. The molecule has 0 radical (unpaired) electrons. The van der Waals surface area contributed by atoms with Crippen LogP contribution in [-0.2, 0) is 5.41 Å². The first-order chi connectivity index (χ1) is 16.6. The summed E-state index contributed by atoms with van der Waals surface area (Å²) in [6, 6.07) is 10.3. The number of benzene rings is 1. The van der Waals surface area contributed by atoms with Crippen LogP contribution in [0.3, 0.4) is 0 Å². The predicted molar refractivity (Wildman–Crippen MR) is 129 cm³/mol. The van der Waals surface area contributed by atoms with E-state index in [1.54, 1.807) is 0 Å². The molecule has 0 unspecified atom stereocenters. The molecule has 4 saturated carbocycles. The quantitative estimate of drug-likeness (QED) is 0.372. The smallest absolute Gasteiger partial charge is 0.232 e. The fraction of sp³-hybridized carbons (Fsp3) is 0.481. The highest BCUT2D eigenvalue weighted by atomic mass is 16.5. The molecule has 4 fully saturated rings. The molecule has 0 saturated heterocycles. The Kier molecular flexibility index (Phi) is 4.38. The highest BCUT2D eigenvalue weighted by Gasteiger charge is 2.52. The average Bonchev–Trinajstić information content (AvgIpc) is 3.47. The molecule has 4 aliphatic rings. The van der Waals surface area contributed by atoms with Gasteiger partial charge in [-0.1, -0.05) is 11.2 Å². The van der Waals surface area contributed by atoms with Gasteiger partial charge >= 0.3 is 0 Å². The molecule has 0 aliphatic heterocycles. The molecule has 0 atom stereocenters. The zero-order valence-corrected chi connectivity index (χ0v) is 19.5. The van der Waals surface area contributed by atoms with Gasteiger partial charge < -0.3 is 14.3 Å². The lowest BCUT2D eigenvalue weighted by Crippen LogP contribution is -2.47. The molecule has 7 heteroatoms. The van der Waals surface area contributed by atoms with Crippen LogP contribution in [0.2, 0.25) is 0 Å². The number of aryl methyl sites for hydroxylation is 1. The molecule has 4 aromatic rings. The molecule has 1 N–H and O–H groups in total. The van der Waals surface area contributed by atoms with Crippen LogP contribution in [0.1, 0.15) is 74.9 Å². The van der Waals surface area contributed by atoms with E-state index in [2.05, 4.69) is 38.6 Å². The third kappa shape index (κ3) is 3.40. The molecule has 8 rings (SSSR count). The van der Waals surface area contributed by atoms with Gasteiger partial charge in [-0.05, 0) is 92.2 Å². The Labute approximate surface area is 198 Å². The third-order valence-electron chi connectivity index (χ3n) is 8.47. The van der Waals surface area contributed by atoms with Crippen molar-refractivity contribution in [3.8, 4) is 11.1 Å². The number of aromatic nitrogens is 4. The molecule has 2 bridgehead atoms. The summed E-state index contributed by atoms with van der Waals surface area (Å²) < 4.78 is 11.5. The van der Waals surface area contributed by atoms with E-state index in [1.165, 1.54) is 32.1 Å². The summed E-state index contributed by atoms with van der Waals surface area (Å²) in [4.78, 5) is 13.8. The van der Waals surface area contributed by atoms with Crippen LogP contribution in [0.15, 0.2) is 45.5 Å². The Balaban J connectivity index is 1.04. The van der Waals surface area contributed by atoms with Crippen molar-refractivity contribution in [3.63, 3.8) is 0 Å². The van der Waals surface area contributed by atoms with Crippen LogP contribution < -0.4 is 5.32 Å². The number of rotatable bonds is 6. The zero-order chi connectivity index (χ0) is 22.8. The van der Waals surface area contributed by atoms with Gasteiger partial charge in [-0.25, -0.2) is 9.97 Å². The molecule has 0 amide bonds. The monoisotopic (exact) mass is 455 g/mol. The van der Waals surface area contributed by atoms with Crippen LogP contribution in [-0.4, -0.2) is 26.7 Å². The van der Waals surface area contributed by atoms with E-state index >= 15 is 0 Å². The molecule has 34 heavy (non-hydrogen) atoms. The number of nitrogens with zero attached hydrogens (tertiary/aromatic N) is 4. The second-order valence-electron chi connectivity index (χ2n) is 10.7. The fourth-order valence-corrected chi connectivity index (χ4v) is 6.01. The maximum absolute atomic E-state index is 5.77. The summed E-state index contributed by atoms with van der Waals surface area (Å²) in [6.45, 7) is 2.83. The molecule has 3 aromatic heterocycles. The van der Waals surface area contributed by atoms with Crippen molar-refractivity contribution >= 4 is 16.9 Å². The van der Waals surface area contributed by atoms with Crippen LogP contribution >= 0.6 is 0 Å². The van der Waals surface area contributed by atoms with Gasteiger partial charge in [-0.2, -0.15) is 4.98 Å². The second kappa shape index (κ2) is 7.39. The highest BCUT2D eigenvalue weighted by Crippen LogP contribution is 2.57. The van der Waals surface area contributed by atoms with Crippen molar-refractivity contribution in [1.82, 2.24) is 20.1 Å². The maximum Gasteiger partial charge on any atom is 0.232 e. The zero-order valence-electron chi connectivity index (χ0n) is 19.5. The van der Waals surface area contributed by atoms with Crippen molar-refractivity contribution < 1.29 is 8.94 Å². The first-order valence-electron chi connectivity index (χ1n) is 12.5. The van der Waals surface area contributed by atoms with Gasteiger partial charge in [0.05, 0.1) is 0 Å². The summed E-state index contributed by atoms with van der Waals surface area (Å²) >= 11 is 0. The van der Waals surface area contributed by atoms with E-state index in [1.807, 2.05) is 25.3 Å². The van der Waals surface area contributed by atoms with Crippen molar-refractivity contribution in [1.29, 1.82) is 0 Å². The second-order valence-corrected chi connectivity index (χ2v) is 10.7. The first-order valence-corrected chi connectivity index (χ1v) is 12.5. The van der Waals surface area contributed by atoms with E-state index in [0.717, 1.165) is 65.6 Å². The summed E-state index contributed by atoms with van der Waals surface area (Å²) in [5, 5.41) is 7.96. The number of hydrogen-bond donors (Lipinski definition) is 1. The number of pyridine rings is 1. The number of anilines is 1. The molecular formula is C27H29N5O2. The number of oxazole rings is 1. The summed E-state index contributed by atoms with van der Waals surface area (Å²) in [7, 11) is 0. The molecule has 0 spiro atoms. The summed E-state index contributed by atoms with van der Waals surface area (Å²) in [6.07, 6.45) is 11.3. The number of fused-ring (bicyclic) bond motifs is 4. The largest absolute Gasteiger partial charge is 0.441 e. The standard InChI is InChI=1S/C27H29N5O2/c1-17-30-21-5-4-19(14-22(21)33-17)20-6-13-28-23(15-20)29-16-26-7-10-27(11-8-26,12-9-26)25-31-24(32-34-25)18-2-3-18/h4-6,13-15,18H,2-3,7-12,16H2,1H3,(H,28,29). The fourth-order valence-electron chi connectivity index (χ4n) is 6.01. The lowest BCUT2D eigenvalue weighted by Gasteiger charge is -2.51. The molecule has 7 nitrogen and oxygen atoms in total. The molecular weight excluding hydrogens is 426 g/mol. The maximum atomic E-state index is 5.77. The minimum absolute atomic E-state index is 0.109. The van der Waals surface area contributed by atoms with E-state index in [4.69, 9.17) is 13.9 Å². The van der Waals surface area contributed by atoms with Crippen LogP contribution in [0.5, 0.6) is 0 Å². The number of hydrogen-bond acceptors (Lipinski definition) is 7. The van der Waals surface area contributed by atoms with Crippen LogP contribution in [0.4, 0.5) is 5.82 Å². The van der Waals surface area contributed by atoms with Gasteiger partial charge in [0.1, 0.15) is 11.3 Å². The van der Waals surface area contributed by atoms with E-state index in [0.29, 0.717) is 17.2 Å². The topological polar surface area (TPSA) is 89.9 Å². The Bertz CT molecular complexity index is 1340. The normalized spacial score (nSPS) is 26.3. The average molecular weight is 456 g/mol.